The Kier molecular flexibility index (Phi) is 5.16. The molecular formula is C17H10CrO3. The molecule has 0 aliphatic carbocycles. The quantitative estimate of drug-likeness (QED) is 0.600. The maximum Gasteiger partial charge on any atom is -0.0105 e. The molecule has 0 fully saturated rings. The van der Waals surface area contributed by atoms with Gasteiger partial charge in [0.25, 0.3) is 0 Å². The summed E-state index contributed by atoms with van der Waals surface area (Å²) in [7, 11) is 0. The molecule has 21 heavy (non-hydrogen) atoms. The maximum absolute atomic E-state index is 9.37. The van der Waals surface area contributed by atoms with E-state index in [-0.39, 0.29) is 0 Å². The Balaban J connectivity index is 0.000000199. The summed E-state index contributed by atoms with van der Waals surface area (Å²) in [6.07, 6.45) is 0. The van der Waals surface area contributed by atoms with Crippen LogP contribution in [0.15, 0.2) is 60.7 Å². The van der Waals surface area contributed by atoms with Gasteiger partial charge >= 0.3 is 41.5 Å². The Morgan fingerprint density at radius 3 is 1.29 bits per heavy atom. The van der Waals surface area contributed by atoms with E-state index in [9.17, 15) is 14.4 Å². The first-order valence-corrected chi connectivity index (χ1v) is 7.95. The van der Waals surface area contributed by atoms with Gasteiger partial charge in [0.1, 0.15) is 0 Å². The van der Waals surface area contributed by atoms with Crippen molar-refractivity contribution in [3.05, 3.63) is 60.7 Å². The number of carbonyl (C=O) groups excluding carboxylic acids is 3. The monoisotopic (exact) mass is 314 g/mol. The van der Waals surface area contributed by atoms with E-state index in [4.69, 9.17) is 0 Å². The van der Waals surface area contributed by atoms with Gasteiger partial charge in [-0.15, -0.1) is 0 Å². The molecule has 0 heterocycles. The zero-order valence-electron chi connectivity index (χ0n) is 10.9. The molecule has 0 saturated carbocycles. The van der Waals surface area contributed by atoms with Crippen LogP contribution in [0, 0.1) is 0 Å². The summed E-state index contributed by atoms with van der Waals surface area (Å²) in [6.45, 7) is 0. The molecule has 3 aromatic rings. The Labute approximate surface area is 124 Å². The number of benzene rings is 3. The Hall–Kier alpha value is -2.55. The van der Waals surface area contributed by atoms with E-state index in [2.05, 4.69) is 60.7 Å². The third-order valence-corrected chi connectivity index (χ3v) is 3.68. The largest absolute Gasteiger partial charge is 0.0616 e. The van der Waals surface area contributed by atoms with Crippen molar-refractivity contribution < 1.29 is 27.2 Å². The van der Waals surface area contributed by atoms with Gasteiger partial charge in [-0.25, -0.2) is 0 Å². The van der Waals surface area contributed by atoms with Crippen LogP contribution in [0.25, 0.3) is 21.5 Å². The summed E-state index contributed by atoms with van der Waals surface area (Å²) in [4.78, 5) is 28.1. The van der Waals surface area contributed by atoms with E-state index in [1.165, 1.54) is 35.8 Å². The normalized spacial score (nSPS) is 8.95. The third-order valence-electron chi connectivity index (χ3n) is 2.90. The van der Waals surface area contributed by atoms with E-state index in [1.54, 1.807) is 0 Å². The van der Waals surface area contributed by atoms with Crippen molar-refractivity contribution in [2.75, 3.05) is 0 Å². The van der Waals surface area contributed by atoms with Gasteiger partial charge in [0.2, 0.25) is 0 Å². The summed E-state index contributed by atoms with van der Waals surface area (Å²) in [5.41, 5.74) is 0. The minimum atomic E-state index is -2.47. The van der Waals surface area contributed by atoms with Crippen molar-refractivity contribution in [2.24, 2.45) is 0 Å². The first kappa shape index (κ1) is 14.9. The van der Waals surface area contributed by atoms with Crippen LogP contribution in [0.2, 0.25) is 0 Å². The minimum Gasteiger partial charge on any atom is -0.0616 e. The first-order valence-electron chi connectivity index (χ1n) is 6.04. The third kappa shape index (κ3) is 3.51. The zero-order valence-corrected chi connectivity index (χ0v) is 12.2. The molecule has 102 valence electrons. The average Bonchev–Trinajstić information content (AvgIpc) is 2.57. The van der Waals surface area contributed by atoms with E-state index in [0.717, 1.165) is 0 Å². The molecule has 0 amide bonds. The van der Waals surface area contributed by atoms with Gasteiger partial charge in [0.05, 0.1) is 0 Å². The SMILES string of the molecule is O=[C]=[Cr](=[C]=O)=[C]=O.c1ccc2c(c1)ccc1ccccc12. The average molecular weight is 314 g/mol. The molecule has 0 radical (unpaired) electrons. The standard InChI is InChI=1S/C14H10.3CO.Cr/c1-3-7-13-11(5-1)9-10-12-6-2-4-8-14(12)13;3*1-2;/h1-10H;;;;. The molecule has 0 spiro atoms. The molecular weight excluding hydrogens is 304 g/mol. The summed E-state index contributed by atoms with van der Waals surface area (Å²) >= 11 is -2.47. The smallest absolute Gasteiger partial charge is 0.0105 e. The molecule has 0 N–H and O–H groups in total. The van der Waals surface area contributed by atoms with E-state index in [1.807, 2.05) is 0 Å². The molecule has 0 aromatic heterocycles. The van der Waals surface area contributed by atoms with Crippen molar-refractivity contribution in [1.82, 2.24) is 0 Å². The van der Waals surface area contributed by atoms with E-state index < -0.39 is 12.8 Å². The number of fused-ring (bicyclic) bond motifs is 3. The van der Waals surface area contributed by atoms with Crippen LogP contribution < -0.4 is 0 Å². The molecule has 0 unspecified atom stereocenters. The van der Waals surface area contributed by atoms with Gasteiger partial charge in [-0.05, 0) is 21.5 Å². The van der Waals surface area contributed by atoms with Gasteiger partial charge in [-0.3, -0.25) is 0 Å². The topological polar surface area (TPSA) is 51.2 Å². The molecule has 0 aliphatic rings. The molecule has 3 rings (SSSR count). The fourth-order valence-corrected chi connectivity index (χ4v) is 2.17. The summed E-state index contributed by atoms with van der Waals surface area (Å²) in [5, 5.41) is 5.30. The molecule has 3 aromatic carbocycles. The number of hydrogen-bond donors (Lipinski definition) is 0. The fourth-order valence-electron chi connectivity index (χ4n) is 2.01. The summed E-state index contributed by atoms with van der Waals surface area (Å²) < 4.78 is 3.69. The fraction of sp³-hybridized carbons (Fsp3) is 0. The van der Waals surface area contributed by atoms with Crippen LogP contribution in [0.1, 0.15) is 0 Å². The second kappa shape index (κ2) is 7.29. The zero-order chi connectivity index (χ0) is 15.1. The Bertz CT molecular complexity index is 916. The van der Waals surface area contributed by atoms with Crippen molar-refractivity contribution >= 4 is 35.8 Å². The molecule has 3 nitrogen and oxygen atoms in total. The number of hydrogen-bond acceptors (Lipinski definition) is 3. The Morgan fingerprint density at radius 1 is 0.571 bits per heavy atom. The first-order chi connectivity index (χ1) is 10.3. The van der Waals surface area contributed by atoms with Crippen molar-refractivity contribution in [3.63, 3.8) is 0 Å². The molecule has 0 aliphatic heterocycles. The molecule has 0 saturated heterocycles. The van der Waals surface area contributed by atoms with Crippen LogP contribution in [0.4, 0.5) is 0 Å². The second-order valence-electron chi connectivity index (χ2n) is 4.06. The van der Waals surface area contributed by atoms with Crippen LogP contribution in [-0.4, -0.2) is 14.2 Å². The van der Waals surface area contributed by atoms with Crippen LogP contribution >= 0.6 is 0 Å². The molecule has 0 atom stereocenters. The van der Waals surface area contributed by atoms with Gasteiger partial charge < -0.3 is 0 Å². The van der Waals surface area contributed by atoms with Gasteiger partial charge in [-0.2, -0.15) is 0 Å². The predicted molar refractivity (Wildman–Crippen MR) is 78.5 cm³/mol. The number of rotatable bonds is 0. The van der Waals surface area contributed by atoms with Crippen LogP contribution in [0.3, 0.4) is 0 Å². The maximum atomic E-state index is 9.37. The van der Waals surface area contributed by atoms with Crippen LogP contribution in [-0.2, 0) is 27.2 Å². The minimum absolute atomic E-state index is 1.23. The summed E-state index contributed by atoms with van der Waals surface area (Å²) in [6, 6.07) is 21.4. The summed E-state index contributed by atoms with van der Waals surface area (Å²) in [5.74, 6) is 0. The van der Waals surface area contributed by atoms with Crippen LogP contribution in [0.5, 0.6) is 0 Å². The molecule has 4 heteroatoms. The van der Waals surface area contributed by atoms with Gasteiger partial charge in [-0.1, -0.05) is 60.7 Å². The second-order valence-corrected chi connectivity index (χ2v) is 5.80. The molecule has 0 bridgehead atoms. The van der Waals surface area contributed by atoms with Gasteiger partial charge in [0.15, 0.2) is 0 Å². The predicted octanol–water partition coefficient (Wildman–Crippen LogP) is 2.80. The van der Waals surface area contributed by atoms with E-state index in [0.29, 0.717) is 0 Å². The van der Waals surface area contributed by atoms with Crippen molar-refractivity contribution in [2.45, 2.75) is 0 Å². The van der Waals surface area contributed by atoms with Gasteiger partial charge in [0, 0.05) is 0 Å². The Morgan fingerprint density at radius 2 is 0.952 bits per heavy atom. The van der Waals surface area contributed by atoms with E-state index >= 15 is 0 Å². The van der Waals surface area contributed by atoms with Crippen molar-refractivity contribution in [3.8, 4) is 0 Å². The van der Waals surface area contributed by atoms with Crippen molar-refractivity contribution in [1.29, 1.82) is 0 Å².